The van der Waals surface area contributed by atoms with E-state index in [1.807, 2.05) is 0 Å². The van der Waals surface area contributed by atoms with Gasteiger partial charge < -0.3 is 0 Å². The van der Waals surface area contributed by atoms with Crippen LogP contribution >= 0.6 is 0 Å². The standard InChI is InChI=1S/C21H24N/c1-20-12-14-21(2,15-13-20)22(16-20)19-10-8-18(9-11-19)17-6-4-3-5-7-17/h3-11,16H,12-15H2,1-2H3/q+1. The molecule has 112 valence electrons. The van der Waals surface area contributed by atoms with Gasteiger partial charge in [0.15, 0.2) is 11.8 Å². The lowest BCUT2D eigenvalue weighted by atomic mass is 9.66. The van der Waals surface area contributed by atoms with Gasteiger partial charge in [0.1, 0.15) is 0 Å². The predicted molar refractivity (Wildman–Crippen MR) is 92.8 cm³/mol. The zero-order valence-corrected chi connectivity index (χ0v) is 13.5. The van der Waals surface area contributed by atoms with Crippen LogP contribution in [0.25, 0.3) is 11.1 Å². The van der Waals surface area contributed by atoms with Crippen molar-refractivity contribution in [1.82, 2.24) is 0 Å². The molecule has 0 saturated heterocycles. The van der Waals surface area contributed by atoms with Crippen LogP contribution in [0.1, 0.15) is 39.5 Å². The fraction of sp³-hybridized carbons (Fsp3) is 0.381. The van der Waals surface area contributed by atoms with Gasteiger partial charge in [-0.05, 0) is 36.1 Å². The smallest absolute Gasteiger partial charge is 0.197 e. The van der Waals surface area contributed by atoms with Crippen molar-refractivity contribution >= 4 is 11.9 Å². The zero-order valence-electron chi connectivity index (χ0n) is 13.5. The summed E-state index contributed by atoms with van der Waals surface area (Å²) in [7, 11) is 0. The van der Waals surface area contributed by atoms with Gasteiger partial charge in [0.2, 0.25) is 5.69 Å². The predicted octanol–water partition coefficient (Wildman–Crippen LogP) is 5.42. The molecular formula is C21H24N+. The summed E-state index contributed by atoms with van der Waals surface area (Å²) in [6.07, 6.45) is 7.78. The van der Waals surface area contributed by atoms with E-state index in [2.05, 4.69) is 79.2 Å². The van der Waals surface area contributed by atoms with Crippen LogP contribution in [0.2, 0.25) is 0 Å². The lowest BCUT2D eigenvalue weighted by molar-refractivity contribution is -0.547. The van der Waals surface area contributed by atoms with Crippen molar-refractivity contribution < 1.29 is 4.58 Å². The van der Waals surface area contributed by atoms with Crippen LogP contribution in [0.5, 0.6) is 0 Å². The molecule has 1 fully saturated rings. The van der Waals surface area contributed by atoms with E-state index in [0.717, 1.165) is 0 Å². The molecule has 22 heavy (non-hydrogen) atoms. The molecule has 1 nitrogen and oxygen atoms in total. The van der Waals surface area contributed by atoms with Crippen LogP contribution in [0, 0.1) is 5.41 Å². The Morgan fingerprint density at radius 1 is 0.727 bits per heavy atom. The van der Waals surface area contributed by atoms with Crippen molar-refractivity contribution in [3.8, 4) is 11.1 Å². The van der Waals surface area contributed by atoms with Crippen molar-refractivity contribution in [3.05, 3.63) is 54.6 Å². The van der Waals surface area contributed by atoms with Gasteiger partial charge in [-0.2, -0.15) is 4.58 Å². The van der Waals surface area contributed by atoms with Gasteiger partial charge in [0.25, 0.3) is 0 Å². The Morgan fingerprint density at radius 2 is 1.32 bits per heavy atom. The lowest BCUT2D eigenvalue weighted by Crippen LogP contribution is -2.51. The second kappa shape index (κ2) is 4.81. The summed E-state index contributed by atoms with van der Waals surface area (Å²) in [5.41, 5.74) is 4.63. The third-order valence-electron chi connectivity index (χ3n) is 5.74. The Bertz CT molecular complexity index is 701. The monoisotopic (exact) mass is 290 g/mol. The highest BCUT2D eigenvalue weighted by Crippen LogP contribution is 2.47. The Hall–Kier alpha value is -1.89. The summed E-state index contributed by atoms with van der Waals surface area (Å²) in [6, 6.07) is 19.7. The molecule has 3 aliphatic rings. The Morgan fingerprint density at radius 3 is 1.95 bits per heavy atom. The van der Waals surface area contributed by atoms with E-state index in [1.54, 1.807) is 0 Å². The molecule has 0 spiro atoms. The summed E-state index contributed by atoms with van der Waals surface area (Å²) in [5.74, 6) is 0. The van der Waals surface area contributed by atoms with E-state index in [1.165, 1.54) is 42.5 Å². The molecular weight excluding hydrogens is 266 g/mol. The van der Waals surface area contributed by atoms with E-state index in [9.17, 15) is 0 Å². The van der Waals surface area contributed by atoms with Gasteiger partial charge >= 0.3 is 0 Å². The van der Waals surface area contributed by atoms with Gasteiger partial charge in [0, 0.05) is 37.3 Å². The molecule has 2 heterocycles. The Balaban J connectivity index is 1.71. The summed E-state index contributed by atoms with van der Waals surface area (Å²) >= 11 is 0. The third kappa shape index (κ3) is 2.20. The average molecular weight is 290 g/mol. The number of hydrogen-bond donors (Lipinski definition) is 0. The highest BCUT2D eigenvalue weighted by atomic mass is 15.1. The highest BCUT2D eigenvalue weighted by molar-refractivity contribution is 5.67. The van der Waals surface area contributed by atoms with Crippen molar-refractivity contribution in [2.45, 2.75) is 45.1 Å². The molecule has 1 heteroatoms. The Labute approximate surface area is 133 Å². The molecule has 2 aromatic rings. The van der Waals surface area contributed by atoms with Gasteiger partial charge in [-0.15, -0.1) is 0 Å². The van der Waals surface area contributed by atoms with Crippen LogP contribution in [0.15, 0.2) is 54.6 Å². The normalized spacial score (nSPS) is 30.2. The van der Waals surface area contributed by atoms with E-state index >= 15 is 0 Å². The molecule has 0 N–H and O–H groups in total. The van der Waals surface area contributed by atoms with Crippen molar-refractivity contribution in [3.63, 3.8) is 0 Å². The second-order valence-corrected chi connectivity index (χ2v) is 7.56. The summed E-state index contributed by atoms with van der Waals surface area (Å²) in [4.78, 5) is 0. The van der Waals surface area contributed by atoms with Gasteiger partial charge in [-0.1, -0.05) is 37.3 Å². The first-order valence-corrected chi connectivity index (χ1v) is 8.39. The quantitative estimate of drug-likeness (QED) is 0.650. The average Bonchev–Trinajstić information content (AvgIpc) is 2.57. The van der Waals surface area contributed by atoms with Crippen LogP contribution in [-0.4, -0.2) is 16.3 Å². The number of nitrogens with zero attached hydrogens (tertiary/aromatic N) is 1. The fourth-order valence-electron chi connectivity index (χ4n) is 4.03. The number of benzene rings is 2. The van der Waals surface area contributed by atoms with Crippen molar-refractivity contribution in [1.29, 1.82) is 0 Å². The van der Waals surface area contributed by atoms with E-state index in [-0.39, 0.29) is 0 Å². The van der Waals surface area contributed by atoms with Gasteiger partial charge in [-0.3, -0.25) is 0 Å². The zero-order chi connectivity index (χ0) is 15.2. The largest absolute Gasteiger partial charge is 0.205 e. The third-order valence-corrected chi connectivity index (χ3v) is 5.74. The number of fused-ring (bicyclic) bond motifs is 2. The summed E-state index contributed by atoms with van der Waals surface area (Å²) < 4.78 is 2.55. The van der Waals surface area contributed by atoms with E-state index in [0.29, 0.717) is 11.0 Å². The van der Waals surface area contributed by atoms with Crippen LogP contribution in [0.4, 0.5) is 5.69 Å². The molecule has 2 bridgehead atoms. The van der Waals surface area contributed by atoms with E-state index in [4.69, 9.17) is 0 Å². The minimum absolute atomic E-state index is 0.312. The summed E-state index contributed by atoms with van der Waals surface area (Å²) in [5, 5.41) is 0. The molecule has 5 rings (SSSR count). The van der Waals surface area contributed by atoms with E-state index < -0.39 is 0 Å². The maximum absolute atomic E-state index is 2.55. The van der Waals surface area contributed by atoms with Crippen LogP contribution < -0.4 is 0 Å². The molecule has 0 radical (unpaired) electrons. The molecule has 2 aromatic carbocycles. The van der Waals surface area contributed by atoms with Crippen molar-refractivity contribution in [2.24, 2.45) is 5.41 Å². The maximum Gasteiger partial charge on any atom is 0.205 e. The molecule has 0 atom stereocenters. The first-order valence-electron chi connectivity index (χ1n) is 8.39. The molecule has 1 aliphatic carbocycles. The summed E-state index contributed by atoms with van der Waals surface area (Å²) in [6.45, 7) is 4.84. The lowest BCUT2D eigenvalue weighted by Gasteiger charge is -2.43. The van der Waals surface area contributed by atoms with Gasteiger partial charge in [0.05, 0.1) is 0 Å². The minimum atomic E-state index is 0.312. The number of rotatable bonds is 2. The van der Waals surface area contributed by atoms with Crippen LogP contribution in [0.3, 0.4) is 0 Å². The molecule has 0 amide bonds. The first-order chi connectivity index (χ1) is 10.6. The Kier molecular flexibility index (Phi) is 3.00. The minimum Gasteiger partial charge on any atom is -0.197 e. The second-order valence-electron chi connectivity index (χ2n) is 7.56. The van der Waals surface area contributed by atoms with Gasteiger partial charge in [-0.25, -0.2) is 0 Å². The first kappa shape index (κ1) is 13.8. The SMILES string of the molecule is CC12C=[N+](c3ccc(-c4ccccc4)cc3)C(C)(CC1)CC2. The molecule has 2 aliphatic heterocycles. The fourth-order valence-corrected chi connectivity index (χ4v) is 4.03. The van der Waals surface area contributed by atoms with Crippen molar-refractivity contribution in [2.75, 3.05) is 0 Å². The molecule has 0 aromatic heterocycles. The highest BCUT2D eigenvalue weighted by Gasteiger charge is 2.51. The molecule has 0 unspecified atom stereocenters. The number of hydrogen-bond acceptors (Lipinski definition) is 0. The molecule has 1 saturated carbocycles. The topological polar surface area (TPSA) is 3.01 Å². The maximum atomic E-state index is 2.55. The van der Waals surface area contributed by atoms with Crippen LogP contribution in [-0.2, 0) is 0 Å².